The first-order chi connectivity index (χ1) is 11.2. The van der Waals surface area contributed by atoms with Crippen molar-refractivity contribution in [2.45, 2.75) is 12.8 Å². The van der Waals surface area contributed by atoms with Gasteiger partial charge in [-0.15, -0.1) is 0 Å². The van der Waals surface area contributed by atoms with Crippen molar-refractivity contribution in [2.24, 2.45) is 5.73 Å². The highest BCUT2D eigenvalue weighted by Crippen LogP contribution is 2.29. The number of nitrogens with zero attached hydrogens (tertiary/aromatic N) is 1. The van der Waals surface area contributed by atoms with E-state index in [1.807, 2.05) is 12.1 Å². The number of para-hydroxylation sites is 1. The molecular weight excluding hydrogens is 295 g/mol. The second kappa shape index (κ2) is 6.69. The summed E-state index contributed by atoms with van der Waals surface area (Å²) in [6.07, 6.45) is 1.80. The lowest BCUT2D eigenvalue weighted by Gasteiger charge is -2.32. The number of primary amides is 1. The van der Waals surface area contributed by atoms with Gasteiger partial charge in [-0.05, 0) is 42.7 Å². The molecule has 0 aromatic heterocycles. The molecule has 0 bridgehead atoms. The monoisotopic (exact) mass is 314 g/mol. The second-order valence-corrected chi connectivity index (χ2v) is 5.54. The largest absolute Gasteiger partial charge is 0.489 e. The summed E-state index contributed by atoms with van der Waals surface area (Å²) in [7, 11) is 0. The van der Waals surface area contributed by atoms with Gasteiger partial charge in [0, 0.05) is 17.8 Å². The van der Waals surface area contributed by atoms with Gasteiger partial charge in [-0.1, -0.05) is 18.2 Å². The Morgan fingerprint density at radius 1 is 1.22 bits per heavy atom. The van der Waals surface area contributed by atoms with E-state index in [2.05, 4.69) is 4.90 Å². The Morgan fingerprint density at radius 2 is 2.04 bits per heavy atom. The first-order valence-electron chi connectivity index (χ1n) is 7.71. The number of benzene rings is 2. The van der Waals surface area contributed by atoms with Gasteiger partial charge >= 0.3 is 0 Å². The number of anilines is 1. The molecule has 1 amide bonds. The molecule has 1 heterocycles. The van der Waals surface area contributed by atoms with E-state index in [-0.39, 0.29) is 11.6 Å². The van der Waals surface area contributed by atoms with Gasteiger partial charge in [0.2, 0.25) is 5.91 Å². The molecule has 0 fully saturated rings. The molecule has 2 N–H and O–H groups in total. The zero-order valence-electron chi connectivity index (χ0n) is 12.8. The van der Waals surface area contributed by atoms with Crippen molar-refractivity contribution in [1.82, 2.24) is 0 Å². The molecule has 3 rings (SSSR count). The summed E-state index contributed by atoms with van der Waals surface area (Å²) < 4.78 is 19.1. The highest BCUT2D eigenvalue weighted by Gasteiger charge is 2.21. The van der Waals surface area contributed by atoms with Crippen molar-refractivity contribution in [2.75, 3.05) is 24.6 Å². The second-order valence-electron chi connectivity index (χ2n) is 5.54. The fourth-order valence-corrected chi connectivity index (χ4v) is 2.99. The Bertz CT molecular complexity index is 718. The quantitative estimate of drug-likeness (QED) is 0.923. The van der Waals surface area contributed by atoms with E-state index >= 15 is 0 Å². The van der Waals surface area contributed by atoms with Crippen LogP contribution in [0.3, 0.4) is 0 Å². The number of ether oxygens (including phenoxy) is 1. The van der Waals surface area contributed by atoms with Crippen LogP contribution in [0.5, 0.6) is 5.75 Å². The summed E-state index contributed by atoms with van der Waals surface area (Å²) in [5.41, 5.74) is 8.05. The van der Waals surface area contributed by atoms with Gasteiger partial charge in [0.15, 0.2) is 11.6 Å². The number of fused-ring (bicyclic) bond motifs is 1. The molecule has 2 aromatic rings. The first kappa shape index (κ1) is 15.3. The third-order valence-corrected chi connectivity index (χ3v) is 4.07. The molecule has 0 saturated heterocycles. The average Bonchev–Trinajstić information content (AvgIpc) is 2.56. The summed E-state index contributed by atoms with van der Waals surface area (Å²) in [6, 6.07) is 12.0. The van der Waals surface area contributed by atoms with Gasteiger partial charge in [0.1, 0.15) is 6.61 Å². The fourth-order valence-electron chi connectivity index (χ4n) is 2.99. The van der Waals surface area contributed by atoms with Gasteiger partial charge in [0.25, 0.3) is 0 Å². The van der Waals surface area contributed by atoms with Crippen LogP contribution >= 0.6 is 0 Å². The molecular formula is C18H19FN2O2. The summed E-state index contributed by atoms with van der Waals surface area (Å²) in [6.45, 7) is 1.89. The number of hydrogen-bond acceptors (Lipinski definition) is 3. The van der Waals surface area contributed by atoms with Crippen LogP contribution in [0.1, 0.15) is 22.3 Å². The van der Waals surface area contributed by atoms with Gasteiger partial charge in [-0.25, -0.2) is 4.39 Å². The number of carbonyl (C=O) groups is 1. The molecule has 4 nitrogen and oxygen atoms in total. The number of hydrogen-bond donors (Lipinski definition) is 1. The minimum atomic E-state index is -0.397. The molecule has 0 radical (unpaired) electrons. The Kier molecular flexibility index (Phi) is 4.46. The van der Waals surface area contributed by atoms with E-state index in [4.69, 9.17) is 10.5 Å². The number of carbonyl (C=O) groups excluding carboxylic acids is 1. The molecule has 5 heteroatoms. The van der Waals surface area contributed by atoms with Crippen molar-refractivity contribution < 1.29 is 13.9 Å². The molecule has 0 aliphatic carbocycles. The maximum absolute atomic E-state index is 13.5. The average molecular weight is 314 g/mol. The van der Waals surface area contributed by atoms with Crippen molar-refractivity contribution in [3.63, 3.8) is 0 Å². The van der Waals surface area contributed by atoms with Crippen LogP contribution in [0.25, 0.3) is 0 Å². The van der Waals surface area contributed by atoms with Crippen LogP contribution in [0, 0.1) is 5.82 Å². The standard InChI is InChI=1S/C18H19FN2O2/c19-15-7-1-2-9-17(15)23-12-11-21-10-4-6-13-14(18(20)22)5-3-8-16(13)21/h1-3,5,7-9H,4,6,10-12H2,(H2,20,22). The Balaban J connectivity index is 1.70. The maximum atomic E-state index is 13.5. The van der Waals surface area contributed by atoms with E-state index in [1.165, 1.54) is 6.07 Å². The molecule has 2 aromatic carbocycles. The van der Waals surface area contributed by atoms with E-state index in [1.54, 1.807) is 24.3 Å². The summed E-state index contributed by atoms with van der Waals surface area (Å²) in [5.74, 6) is -0.496. The molecule has 1 aliphatic rings. The number of amides is 1. The van der Waals surface area contributed by atoms with Crippen molar-refractivity contribution >= 4 is 11.6 Å². The third-order valence-electron chi connectivity index (χ3n) is 4.07. The predicted octanol–water partition coefficient (Wildman–Crippen LogP) is 2.76. The van der Waals surface area contributed by atoms with Crippen molar-refractivity contribution in [3.8, 4) is 5.75 Å². The molecule has 0 spiro atoms. The lowest BCUT2D eigenvalue weighted by Crippen LogP contribution is -2.34. The summed E-state index contributed by atoms with van der Waals surface area (Å²) >= 11 is 0. The fraction of sp³-hybridized carbons (Fsp3) is 0.278. The van der Waals surface area contributed by atoms with Crippen LogP contribution in [0.15, 0.2) is 42.5 Å². The van der Waals surface area contributed by atoms with E-state index in [9.17, 15) is 9.18 Å². The van der Waals surface area contributed by atoms with Gasteiger partial charge < -0.3 is 15.4 Å². The normalized spacial score (nSPS) is 13.5. The SMILES string of the molecule is NC(=O)c1cccc2c1CCCN2CCOc1ccccc1F. The topological polar surface area (TPSA) is 55.6 Å². The minimum absolute atomic E-state index is 0.260. The lowest BCUT2D eigenvalue weighted by molar-refractivity contribution is 0.0999. The predicted molar refractivity (Wildman–Crippen MR) is 87.4 cm³/mol. The van der Waals surface area contributed by atoms with Crippen LogP contribution in [-0.2, 0) is 6.42 Å². The highest BCUT2D eigenvalue weighted by molar-refractivity contribution is 5.96. The highest BCUT2D eigenvalue weighted by atomic mass is 19.1. The Hall–Kier alpha value is -2.56. The number of halogens is 1. The van der Waals surface area contributed by atoms with E-state index < -0.39 is 5.91 Å². The van der Waals surface area contributed by atoms with Gasteiger partial charge in [0.05, 0.1) is 6.54 Å². The first-order valence-corrected chi connectivity index (χ1v) is 7.71. The maximum Gasteiger partial charge on any atom is 0.249 e. The number of rotatable bonds is 5. The molecule has 23 heavy (non-hydrogen) atoms. The molecule has 1 aliphatic heterocycles. The smallest absolute Gasteiger partial charge is 0.249 e. The van der Waals surface area contributed by atoms with Gasteiger partial charge in [-0.2, -0.15) is 0 Å². The summed E-state index contributed by atoms with van der Waals surface area (Å²) in [4.78, 5) is 13.7. The van der Waals surface area contributed by atoms with E-state index in [0.717, 1.165) is 30.6 Å². The molecule has 120 valence electrons. The lowest BCUT2D eigenvalue weighted by atomic mass is 9.96. The van der Waals surface area contributed by atoms with Crippen LogP contribution < -0.4 is 15.4 Å². The van der Waals surface area contributed by atoms with Crippen LogP contribution in [0.2, 0.25) is 0 Å². The molecule has 0 unspecified atom stereocenters. The Morgan fingerprint density at radius 3 is 2.83 bits per heavy atom. The zero-order valence-corrected chi connectivity index (χ0v) is 12.8. The third kappa shape index (κ3) is 3.28. The van der Waals surface area contributed by atoms with Crippen LogP contribution in [-0.4, -0.2) is 25.6 Å². The molecule has 0 atom stereocenters. The van der Waals surface area contributed by atoms with Crippen molar-refractivity contribution in [1.29, 1.82) is 0 Å². The van der Waals surface area contributed by atoms with Gasteiger partial charge in [-0.3, -0.25) is 4.79 Å². The zero-order chi connectivity index (χ0) is 16.2. The van der Waals surface area contributed by atoms with E-state index in [0.29, 0.717) is 18.7 Å². The van der Waals surface area contributed by atoms with Crippen molar-refractivity contribution in [3.05, 3.63) is 59.4 Å². The minimum Gasteiger partial charge on any atom is -0.489 e. The summed E-state index contributed by atoms with van der Waals surface area (Å²) in [5, 5.41) is 0. The number of nitrogens with two attached hydrogens (primary N) is 1. The molecule has 0 saturated carbocycles. The van der Waals surface area contributed by atoms with Crippen LogP contribution in [0.4, 0.5) is 10.1 Å². The Labute approximate surface area is 134 Å².